The second-order valence-corrected chi connectivity index (χ2v) is 10.3. The lowest BCUT2D eigenvalue weighted by Crippen LogP contribution is -2.49. The molecule has 6 N–H and O–H groups in total. The number of anilines is 3. The molecule has 0 bridgehead atoms. The van der Waals surface area contributed by atoms with Crippen molar-refractivity contribution in [2.24, 2.45) is 0 Å². The van der Waals surface area contributed by atoms with Gasteiger partial charge in [-0.25, -0.2) is 18.7 Å². The van der Waals surface area contributed by atoms with Crippen molar-refractivity contribution >= 4 is 29.1 Å². The number of ether oxygens (including phenoxy) is 1. The number of fused-ring (bicyclic) bond motifs is 1. The molecule has 1 aromatic carbocycles. The van der Waals surface area contributed by atoms with E-state index in [1.165, 1.54) is 17.8 Å². The predicted molar refractivity (Wildman–Crippen MR) is 131 cm³/mol. The topological polar surface area (TPSA) is 135 Å². The van der Waals surface area contributed by atoms with Crippen molar-refractivity contribution in [3.63, 3.8) is 0 Å². The number of benzene rings is 1. The summed E-state index contributed by atoms with van der Waals surface area (Å²) in [5, 5.41) is 35.9. The minimum atomic E-state index is -1.11. The third kappa shape index (κ3) is 4.95. The molecule has 1 aliphatic heterocycles. The van der Waals surface area contributed by atoms with E-state index in [1.54, 1.807) is 11.1 Å². The van der Waals surface area contributed by atoms with E-state index in [9.17, 15) is 19.0 Å². The van der Waals surface area contributed by atoms with Crippen LogP contribution >= 0.6 is 11.8 Å². The van der Waals surface area contributed by atoms with Crippen LogP contribution in [0.15, 0.2) is 23.4 Å². The van der Waals surface area contributed by atoms with Gasteiger partial charge in [0.15, 0.2) is 28.4 Å². The molecule has 2 saturated carbocycles. The molecule has 0 amide bonds. The third-order valence-electron chi connectivity index (χ3n) is 6.67. The molecule has 2 fully saturated rings. The smallest absolute Gasteiger partial charge is 0.191 e. The molecule has 2 aromatic rings. The van der Waals surface area contributed by atoms with Crippen molar-refractivity contribution in [1.29, 1.82) is 0 Å². The molecule has 3 aliphatic rings. The van der Waals surface area contributed by atoms with Crippen LogP contribution in [0.3, 0.4) is 0 Å². The monoisotopic (exact) mass is 524 g/mol. The maximum Gasteiger partial charge on any atom is 0.191 e. The van der Waals surface area contributed by atoms with Gasteiger partial charge in [0.2, 0.25) is 0 Å². The second-order valence-electron chi connectivity index (χ2n) is 9.19. The maximum atomic E-state index is 13.7. The summed E-state index contributed by atoms with van der Waals surface area (Å²) in [6, 6.07) is 3.42. The van der Waals surface area contributed by atoms with Crippen molar-refractivity contribution in [1.82, 2.24) is 15.5 Å². The number of hydrazine groups is 2. The highest BCUT2D eigenvalue weighted by Crippen LogP contribution is 2.46. The van der Waals surface area contributed by atoms with Crippen LogP contribution in [0.25, 0.3) is 0 Å². The standard InChI is InChI=1S/C23H30F2N6O4S/c1-2-7-36-23-27-21(26-15-9-12(15)11-3-4-13(24)14(25)8-11)18-22(28-23)31(30-29-18)16-10-17(35-6-5-32)20(34)19(16)33/h3-4,8,12,15-17,19-20,29-30,32-34H,2,5-7,9-10H2,1H3,(H,26,27,28)/t12-,15+,16+,17-,19-,20+/m0/s1. The van der Waals surface area contributed by atoms with Gasteiger partial charge < -0.3 is 25.4 Å². The summed E-state index contributed by atoms with van der Waals surface area (Å²) >= 11 is 1.51. The Labute approximate surface area is 211 Å². The van der Waals surface area contributed by atoms with Gasteiger partial charge in [0.05, 0.1) is 25.4 Å². The van der Waals surface area contributed by atoms with Gasteiger partial charge in [0.1, 0.15) is 17.9 Å². The highest BCUT2D eigenvalue weighted by molar-refractivity contribution is 7.99. The lowest BCUT2D eigenvalue weighted by atomic mass is 10.1. The quantitative estimate of drug-likeness (QED) is 0.200. The molecule has 196 valence electrons. The molecule has 36 heavy (non-hydrogen) atoms. The minimum absolute atomic E-state index is 0.0103. The van der Waals surface area contributed by atoms with Crippen molar-refractivity contribution in [3.8, 4) is 0 Å². The minimum Gasteiger partial charge on any atom is -0.394 e. The summed E-state index contributed by atoms with van der Waals surface area (Å²) in [5.74, 6) is 0.203. The van der Waals surface area contributed by atoms with Gasteiger partial charge >= 0.3 is 0 Å². The first-order valence-corrected chi connectivity index (χ1v) is 13.1. The van der Waals surface area contributed by atoms with Gasteiger partial charge in [-0.05, 0) is 30.5 Å². The number of nitrogens with one attached hydrogen (secondary N) is 3. The van der Waals surface area contributed by atoms with E-state index < -0.39 is 36.0 Å². The zero-order valence-electron chi connectivity index (χ0n) is 19.7. The number of aromatic nitrogens is 2. The second kappa shape index (κ2) is 10.6. The maximum absolute atomic E-state index is 13.7. The van der Waals surface area contributed by atoms with E-state index in [4.69, 9.17) is 14.8 Å². The summed E-state index contributed by atoms with van der Waals surface area (Å²) in [4.78, 5) is 9.38. The number of hydrogen-bond acceptors (Lipinski definition) is 11. The lowest BCUT2D eigenvalue weighted by Gasteiger charge is -2.27. The average molecular weight is 525 g/mol. The third-order valence-corrected chi connectivity index (χ3v) is 7.73. The van der Waals surface area contributed by atoms with E-state index in [2.05, 4.69) is 28.2 Å². The number of thioether (sulfide) groups is 1. The largest absolute Gasteiger partial charge is 0.394 e. The van der Waals surface area contributed by atoms with Crippen LogP contribution < -0.4 is 21.3 Å². The Hall–Kier alpha value is -2.29. The number of aliphatic hydroxyl groups excluding tert-OH is 3. The Bertz CT molecular complexity index is 1100. The van der Waals surface area contributed by atoms with E-state index in [0.717, 1.165) is 30.2 Å². The first kappa shape index (κ1) is 25.4. The number of halogens is 2. The van der Waals surface area contributed by atoms with Gasteiger partial charge in [-0.2, -0.15) is 0 Å². The molecule has 2 heterocycles. The first-order chi connectivity index (χ1) is 17.4. The summed E-state index contributed by atoms with van der Waals surface area (Å²) in [6.07, 6.45) is -0.832. The average Bonchev–Trinajstić information content (AvgIpc) is 3.41. The fourth-order valence-corrected chi connectivity index (χ4v) is 5.42. The summed E-state index contributed by atoms with van der Waals surface area (Å²) < 4.78 is 32.6. The highest BCUT2D eigenvalue weighted by atomic mass is 32.2. The van der Waals surface area contributed by atoms with Crippen molar-refractivity contribution in [2.45, 2.75) is 67.7 Å². The highest BCUT2D eigenvalue weighted by Gasteiger charge is 2.48. The molecule has 0 unspecified atom stereocenters. The van der Waals surface area contributed by atoms with E-state index in [1.807, 2.05) is 0 Å². The Kier molecular flexibility index (Phi) is 7.47. The van der Waals surface area contributed by atoms with E-state index in [0.29, 0.717) is 28.9 Å². The molecule has 1 aromatic heterocycles. The van der Waals surface area contributed by atoms with Crippen LogP contribution in [0.4, 0.5) is 26.1 Å². The Morgan fingerprint density at radius 1 is 1.19 bits per heavy atom. The summed E-state index contributed by atoms with van der Waals surface area (Å²) in [5.41, 5.74) is 7.42. The Morgan fingerprint density at radius 3 is 2.78 bits per heavy atom. The molecule has 2 aliphatic carbocycles. The van der Waals surface area contributed by atoms with Gasteiger partial charge in [-0.15, -0.1) is 5.53 Å². The molecule has 0 saturated heterocycles. The molecular weight excluding hydrogens is 494 g/mol. The number of aliphatic hydroxyl groups is 3. The molecule has 6 atom stereocenters. The fourth-order valence-electron chi connectivity index (χ4n) is 4.72. The molecule has 10 nitrogen and oxygen atoms in total. The number of nitrogens with zero attached hydrogens (tertiary/aromatic N) is 3. The fraction of sp³-hybridized carbons (Fsp3) is 0.565. The Balaban J connectivity index is 1.37. The summed E-state index contributed by atoms with van der Waals surface area (Å²) in [6.45, 7) is 1.95. The SMILES string of the molecule is CCCSc1nc(N[C@@H]2C[C@H]2c2ccc(F)c(F)c2)c2c(n1)N([C@@H]1C[C@H](OCCO)[C@@H](O)[C@H]1O)NN2. The van der Waals surface area contributed by atoms with Crippen molar-refractivity contribution < 1.29 is 28.8 Å². The zero-order chi connectivity index (χ0) is 25.4. The van der Waals surface area contributed by atoms with Gasteiger partial charge in [0.25, 0.3) is 0 Å². The Morgan fingerprint density at radius 2 is 2.03 bits per heavy atom. The molecular formula is C23H30F2N6O4S. The normalized spacial score (nSPS) is 28.8. The molecule has 5 rings (SSSR count). The molecule has 0 radical (unpaired) electrons. The van der Waals surface area contributed by atoms with E-state index in [-0.39, 0.29) is 25.2 Å². The van der Waals surface area contributed by atoms with Crippen LogP contribution in [0, 0.1) is 11.6 Å². The summed E-state index contributed by atoms with van der Waals surface area (Å²) in [7, 11) is 0. The van der Waals surface area contributed by atoms with Crippen LogP contribution in [0.1, 0.15) is 37.7 Å². The predicted octanol–water partition coefficient (Wildman–Crippen LogP) is 1.75. The van der Waals surface area contributed by atoms with Crippen molar-refractivity contribution in [2.75, 3.05) is 34.7 Å². The zero-order valence-corrected chi connectivity index (χ0v) is 20.5. The number of hydrogen-bond donors (Lipinski definition) is 6. The van der Waals surface area contributed by atoms with Crippen LogP contribution in [-0.2, 0) is 4.74 Å². The molecule has 13 heteroatoms. The van der Waals surface area contributed by atoms with Crippen LogP contribution in [0.2, 0.25) is 0 Å². The molecule has 0 spiro atoms. The van der Waals surface area contributed by atoms with Crippen LogP contribution in [0.5, 0.6) is 0 Å². The van der Waals surface area contributed by atoms with Gasteiger partial charge in [0, 0.05) is 24.1 Å². The van der Waals surface area contributed by atoms with Gasteiger partial charge in [-0.1, -0.05) is 24.8 Å². The van der Waals surface area contributed by atoms with Crippen molar-refractivity contribution in [3.05, 3.63) is 35.4 Å². The number of rotatable bonds is 10. The first-order valence-electron chi connectivity index (χ1n) is 12.1. The van der Waals surface area contributed by atoms with Gasteiger partial charge in [-0.3, -0.25) is 10.4 Å². The van der Waals surface area contributed by atoms with Crippen LogP contribution in [-0.4, -0.2) is 74.6 Å². The van der Waals surface area contributed by atoms with E-state index >= 15 is 0 Å². The lowest BCUT2D eigenvalue weighted by molar-refractivity contribution is -0.0617.